The number of sulfonamides is 1. The van der Waals surface area contributed by atoms with Crippen molar-refractivity contribution in [2.45, 2.75) is 10.9 Å². The maximum atomic E-state index is 13.5. The molecule has 0 aliphatic carbocycles. The Kier molecular flexibility index (Phi) is 6.96. The summed E-state index contributed by atoms with van der Waals surface area (Å²) in [5.41, 5.74) is 1.09. The Labute approximate surface area is 191 Å². The van der Waals surface area contributed by atoms with Crippen molar-refractivity contribution < 1.29 is 26.4 Å². The first-order chi connectivity index (χ1) is 15.9. The Bertz CT molecular complexity index is 1160. The first-order valence-corrected chi connectivity index (χ1v) is 12.0. The molecule has 4 rings (SSSR count). The fourth-order valence-electron chi connectivity index (χ4n) is 3.89. The van der Waals surface area contributed by atoms with Gasteiger partial charge in [0.1, 0.15) is 11.5 Å². The van der Waals surface area contributed by atoms with Gasteiger partial charge in [0.05, 0.1) is 24.3 Å². The van der Waals surface area contributed by atoms with Gasteiger partial charge in [-0.25, -0.2) is 21.9 Å². The van der Waals surface area contributed by atoms with Gasteiger partial charge in [0.2, 0.25) is 10.0 Å². The van der Waals surface area contributed by atoms with Crippen molar-refractivity contribution in [1.29, 1.82) is 0 Å². The highest BCUT2D eigenvalue weighted by Gasteiger charge is 2.29. The minimum atomic E-state index is -4.03. The number of furan rings is 1. The van der Waals surface area contributed by atoms with Crippen molar-refractivity contribution >= 4 is 15.7 Å². The quantitative estimate of drug-likeness (QED) is 0.536. The molecule has 1 aliphatic rings. The molecule has 1 aromatic heterocycles. The van der Waals surface area contributed by atoms with Crippen LogP contribution in [0.25, 0.3) is 0 Å². The summed E-state index contributed by atoms with van der Waals surface area (Å²) < 4.78 is 65.4. The number of nitrogens with one attached hydrogen (secondary N) is 1. The number of nitrogens with zero attached hydrogens (tertiary/aromatic N) is 2. The summed E-state index contributed by atoms with van der Waals surface area (Å²) in [6.07, 6.45) is 1.54. The molecule has 10 heteroatoms. The predicted molar refractivity (Wildman–Crippen MR) is 120 cm³/mol. The second kappa shape index (κ2) is 9.90. The Balaban J connectivity index is 1.44. The van der Waals surface area contributed by atoms with E-state index in [9.17, 15) is 17.2 Å². The standard InChI is InChI=1S/C23H25F2N3O4S/c1-31-18-6-4-17(5-7-18)27-10-12-28(13-11-27)22(23-3-2-14-32-23)16-26-33(29,30)19-8-9-20(24)21(25)15-19/h2-9,14-15,22,26H,10-13,16H2,1H3. The third-order valence-electron chi connectivity index (χ3n) is 5.73. The van der Waals surface area contributed by atoms with Gasteiger partial charge in [0.15, 0.2) is 11.6 Å². The minimum Gasteiger partial charge on any atom is -0.497 e. The molecule has 176 valence electrons. The maximum Gasteiger partial charge on any atom is 0.240 e. The molecule has 0 saturated carbocycles. The minimum absolute atomic E-state index is 0.0252. The van der Waals surface area contributed by atoms with E-state index >= 15 is 0 Å². The van der Waals surface area contributed by atoms with Crippen LogP contribution in [0.3, 0.4) is 0 Å². The van der Waals surface area contributed by atoms with Crippen molar-refractivity contribution in [2.24, 2.45) is 0 Å². The van der Waals surface area contributed by atoms with Crippen LogP contribution in [0.1, 0.15) is 11.8 Å². The number of hydrogen-bond acceptors (Lipinski definition) is 6. The molecule has 33 heavy (non-hydrogen) atoms. The summed E-state index contributed by atoms with van der Waals surface area (Å²) in [5, 5.41) is 0. The lowest BCUT2D eigenvalue weighted by molar-refractivity contribution is 0.166. The molecule has 2 heterocycles. The van der Waals surface area contributed by atoms with E-state index in [4.69, 9.17) is 9.15 Å². The molecule has 1 atom stereocenters. The molecule has 0 bridgehead atoms. The summed E-state index contributed by atoms with van der Waals surface area (Å²) in [6.45, 7) is 2.89. The number of benzene rings is 2. The zero-order chi connectivity index (χ0) is 23.4. The molecule has 7 nitrogen and oxygen atoms in total. The van der Waals surface area contributed by atoms with Crippen LogP contribution in [-0.4, -0.2) is 53.2 Å². The lowest BCUT2D eigenvalue weighted by Crippen LogP contribution is -2.49. The van der Waals surface area contributed by atoms with Gasteiger partial charge in [0.25, 0.3) is 0 Å². The molecule has 0 amide bonds. The van der Waals surface area contributed by atoms with Gasteiger partial charge in [-0.1, -0.05) is 0 Å². The lowest BCUT2D eigenvalue weighted by Gasteiger charge is -2.39. The van der Waals surface area contributed by atoms with Crippen molar-refractivity contribution in [1.82, 2.24) is 9.62 Å². The third kappa shape index (κ3) is 5.35. The largest absolute Gasteiger partial charge is 0.497 e. The van der Waals surface area contributed by atoms with E-state index in [1.165, 1.54) is 0 Å². The van der Waals surface area contributed by atoms with E-state index in [1.807, 2.05) is 24.3 Å². The second-order valence-corrected chi connectivity index (χ2v) is 9.45. The SMILES string of the molecule is COc1ccc(N2CCN(C(CNS(=O)(=O)c3ccc(F)c(F)c3)c3ccco3)CC2)cc1. The van der Waals surface area contributed by atoms with E-state index < -0.39 is 21.7 Å². The van der Waals surface area contributed by atoms with Gasteiger partial charge < -0.3 is 14.1 Å². The number of anilines is 1. The van der Waals surface area contributed by atoms with Crippen LogP contribution in [0, 0.1) is 11.6 Å². The highest BCUT2D eigenvalue weighted by molar-refractivity contribution is 7.89. The van der Waals surface area contributed by atoms with Crippen LogP contribution in [0.5, 0.6) is 5.75 Å². The van der Waals surface area contributed by atoms with Crippen LogP contribution in [0.15, 0.2) is 70.2 Å². The highest BCUT2D eigenvalue weighted by Crippen LogP contribution is 2.26. The summed E-state index contributed by atoms with van der Waals surface area (Å²) in [6, 6.07) is 13.6. The Morgan fingerprint density at radius 3 is 2.36 bits per heavy atom. The van der Waals surface area contributed by atoms with Crippen LogP contribution in [0.4, 0.5) is 14.5 Å². The summed E-state index contributed by atoms with van der Waals surface area (Å²) in [5.74, 6) is -0.892. The second-order valence-electron chi connectivity index (χ2n) is 7.68. The van der Waals surface area contributed by atoms with Gasteiger partial charge in [0, 0.05) is 38.4 Å². The topological polar surface area (TPSA) is 75.0 Å². The van der Waals surface area contributed by atoms with Gasteiger partial charge in [-0.3, -0.25) is 4.90 Å². The van der Waals surface area contributed by atoms with Crippen molar-refractivity contribution in [3.8, 4) is 5.75 Å². The van der Waals surface area contributed by atoms with Crippen molar-refractivity contribution in [3.05, 3.63) is 78.3 Å². The molecule has 0 spiro atoms. The highest BCUT2D eigenvalue weighted by atomic mass is 32.2. The van der Waals surface area contributed by atoms with Crippen LogP contribution < -0.4 is 14.4 Å². The molecule has 1 saturated heterocycles. The zero-order valence-corrected chi connectivity index (χ0v) is 18.9. The first-order valence-electron chi connectivity index (χ1n) is 10.5. The third-order valence-corrected chi connectivity index (χ3v) is 7.15. The molecular formula is C23H25F2N3O4S. The monoisotopic (exact) mass is 477 g/mol. The Morgan fingerprint density at radius 2 is 1.76 bits per heavy atom. The van der Waals surface area contributed by atoms with Crippen LogP contribution >= 0.6 is 0 Å². The lowest BCUT2D eigenvalue weighted by atomic mass is 10.1. The number of rotatable bonds is 8. The molecule has 0 radical (unpaired) electrons. The smallest absolute Gasteiger partial charge is 0.240 e. The van der Waals surface area contributed by atoms with E-state index in [2.05, 4.69) is 14.5 Å². The number of hydrogen-bond donors (Lipinski definition) is 1. The number of halogens is 2. The van der Waals surface area contributed by atoms with Crippen molar-refractivity contribution in [3.63, 3.8) is 0 Å². The number of ether oxygens (including phenoxy) is 1. The van der Waals surface area contributed by atoms with E-state index in [-0.39, 0.29) is 17.5 Å². The maximum absolute atomic E-state index is 13.5. The molecule has 1 N–H and O–H groups in total. The van der Waals surface area contributed by atoms with Crippen molar-refractivity contribution in [2.75, 3.05) is 44.7 Å². The Hall–Kier alpha value is -2.95. The van der Waals surface area contributed by atoms with E-state index in [0.29, 0.717) is 24.9 Å². The average molecular weight is 478 g/mol. The van der Waals surface area contributed by atoms with Crippen LogP contribution in [-0.2, 0) is 10.0 Å². The predicted octanol–water partition coefficient (Wildman–Crippen LogP) is 3.41. The molecular weight excluding hydrogens is 452 g/mol. The van der Waals surface area contributed by atoms with Gasteiger partial charge in [-0.2, -0.15) is 0 Å². The molecule has 1 fully saturated rings. The molecule has 1 aliphatic heterocycles. The van der Waals surface area contributed by atoms with E-state index in [0.717, 1.165) is 36.7 Å². The van der Waals surface area contributed by atoms with Gasteiger partial charge in [-0.05, 0) is 54.6 Å². The summed E-state index contributed by atoms with van der Waals surface area (Å²) >= 11 is 0. The average Bonchev–Trinajstić information content (AvgIpc) is 3.36. The zero-order valence-electron chi connectivity index (χ0n) is 18.1. The fourth-order valence-corrected chi connectivity index (χ4v) is 4.94. The summed E-state index contributed by atoms with van der Waals surface area (Å²) in [4.78, 5) is 4.07. The molecule has 1 unspecified atom stereocenters. The normalized spacial score (nSPS) is 16.0. The van der Waals surface area contributed by atoms with Gasteiger partial charge >= 0.3 is 0 Å². The first kappa shape index (κ1) is 23.2. The molecule has 2 aromatic carbocycles. The fraction of sp³-hybridized carbons (Fsp3) is 0.304. The summed E-state index contributed by atoms with van der Waals surface area (Å²) in [7, 11) is -2.40. The Morgan fingerprint density at radius 1 is 1.03 bits per heavy atom. The van der Waals surface area contributed by atoms with Crippen LogP contribution in [0.2, 0.25) is 0 Å². The molecule has 3 aromatic rings. The van der Waals surface area contributed by atoms with E-state index in [1.54, 1.807) is 25.5 Å². The number of piperazine rings is 1. The van der Waals surface area contributed by atoms with Gasteiger partial charge in [-0.15, -0.1) is 0 Å². The number of methoxy groups -OCH3 is 1.